The van der Waals surface area contributed by atoms with Gasteiger partial charge in [0.05, 0.1) is 5.41 Å². The van der Waals surface area contributed by atoms with Gasteiger partial charge in [0.2, 0.25) is 5.91 Å². The normalized spacial score (nSPS) is 15.5. The third-order valence-electron chi connectivity index (χ3n) is 4.64. The molecular weight excluding hydrogens is 289 g/mol. The number of rotatable bonds is 5. The van der Waals surface area contributed by atoms with Crippen LogP contribution in [0.25, 0.3) is 0 Å². The summed E-state index contributed by atoms with van der Waals surface area (Å²) in [5.41, 5.74) is 1.61. The molecule has 0 saturated heterocycles. The van der Waals surface area contributed by atoms with Crippen molar-refractivity contribution in [1.29, 1.82) is 0 Å². The van der Waals surface area contributed by atoms with E-state index in [-0.39, 0.29) is 17.8 Å². The van der Waals surface area contributed by atoms with E-state index < -0.39 is 5.41 Å². The van der Waals surface area contributed by atoms with Gasteiger partial charge < -0.3 is 4.90 Å². The van der Waals surface area contributed by atoms with Crippen molar-refractivity contribution in [2.75, 3.05) is 0 Å². The molecule has 0 spiro atoms. The molecule has 0 heterocycles. The summed E-state index contributed by atoms with van der Waals surface area (Å²) >= 11 is 0. The molecular formula is C20H22FNO. The zero-order valence-electron chi connectivity index (χ0n) is 13.6. The number of carbonyl (C=O) groups excluding carboxylic acids is 1. The van der Waals surface area contributed by atoms with Gasteiger partial charge in [-0.25, -0.2) is 4.39 Å². The highest BCUT2D eigenvalue weighted by atomic mass is 19.1. The van der Waals surface area contributed by atoms with Crippen molar-refractivity contribution in [2.45, 2.75) is 44.7 Å². The van der Waals surface area contributed by atoms with E-state index in [0.717, 1.165) is 24.0 Å². The molecule has 2 nitrogen and oxygen atoms in total. The molecule has 3 heteroatoms. The van der Waals surface area contributed by atoms with Crippen LogP contribution in [0.1, 0.15) is 37.8 Å². The minimum absolute atomic E-state index is 0.126. The van der Waals surface area contributed by atoms with Crippen molar-refractivity contribution in [3.63, 3.8) is 0 Å². The highest BCUT2D eigenvalue weighted by Gasteiger charge is 2.53. The second kappa shape index (κ2) is 6.15. The van der Waals surface area contributed by atoms with Crippen molar-refractivity contribution in [3.05, 3.63) is 71.5 Å². The Morgan fingerprint density at radius 2 is 1.70 bits per heavy atom. The molecule has 3 rings (SSSR count). The number of amides is 1. The average Bonchev–Trinajstić information content (AvgIpc) is 3.35. The standard InChI is InChI=1S/C20H22FNO/c1-15(2)22(14-16-6-4-3-5-7-16)19(23)20(12-13-20)17-8-10-18(21)11-9-17/h3-11,15H,12-14H2,1-2H3. The number of hydrogen-bond donors (Lipinski definition) is 0. The summed E-state index contributed by atoms with van der Waals surface area (Å²) in [6.07, 6.45) is 1.69. The predicted octanol–water partition coefficient (Wildman–Crippen LogP) is 4.29. The van der Waals surface area contributed by atoms with Crippen LogP contribution < -0.4 is 0 Å². The topological polar surface area (TPSA) is 20.3 Å². The van der Waals surface area contributed by atoms with E-state index in [9.17, 15) is 9.18 Å². The molecule has 2 aromatic carbocycles. The first-order chi connectivity index (χ1) is 11.0. The lowest BCUT2D eigenvalue weighted by Crippen LogP contribution is -2.43. The summed E-state index contributed by atoms with van der Waals surface area (Å²) in [5.74, 6) is -0.107. The number of carbonyl (C=O) groups is 1. The molecule has 0 unspecified atom stereocenters. The first-order valence-corrected chi connectivity index (χ1v) is 8.14. The maximum absolute atomic E-state index is 13.2. The maximum atomic E-state index is 13.2. The third kappa shape index (κ3) is 3.14. The van der Waals surface area contributed by atoms with Crippen LogP contribution in [-0.4, -0.2) is 16.8 Å². The highest BCUT2D eigenvalue weighted by Crippen LogP contribution is 2.50. The molecule has 1 fully saturated rings. The summed E-state index contributed by atoms with van der Waals surface area (Å²) in [6.45, 7) is 4.70. The van der Waals surface area contributed by atoms with Crippen LogP contribution in [0.5, 0.6) is 0 Å². The second-order valence-corrected chi connectivity index (χ2v) is 6.60. The Labute approximate surface area is 136 Å². The van der Waals surface area contributed by atoms with Gasteiger partial charge >= 0.3 is 0 Å². The van der Waals surface area contributed by atoms with Crippen molar-refractivity contribution in [1.82, 2.24) is 4.90 Å². The SMILES string of the molecule is CC(C)N(Cc1ccccc1)C(=O)C1(c2ccc(F)cc2)CC1. The Balaban J connectivity index is 1.85. The fourth-order valence-corrected chi connectivity index (χ4v) is 3.06. The van der Waals surface area contributed by atoms with Crippen LogP contribution >= 0.6 is 0 Å². The van der Waals surface area contributed by atoms with Gasteiger partial charge in [-0.3, -0.25) is 4.79 Å². The summed E-state index contributed by atoms with van der Waals surface area (Å²) in [7, 11) is 0. The fourth-order valence-electron chi connectivity index (χ4n) is 3.06. The zero-order valence-corrected chi connectivity index (χ0v) is 13.6. The zero-order chi connectivity index (χ0) is 16.4. The average molecular weight is 311 g/mol. The highest BCUT2D eigenvalue weighted by molar-refractivity contribution is 5.91. The number of hydrogen-bond acceptors (Lipinski definition) is 1. The van der Waals surface area contributed by atoms with Gasteiger partial charge in [0.25, 0.3) is 0 Å². The van der Waals surface area contributed by atoms with E-state index in [0.29, 0.717) is 6.54 Å². The summed E-state index contributed by atoms with van der Waals surface area (Å²) < 4.78 is 13.2. The number of nitrogens with zero attached hydrogens (tertiary/aromatic N) is 1. The third-order valence-corrected chi connectivity index (χ3v) is 4.64. The van der Waals surface area contributed by atoms with Gasteiger partial charge in [-0.05, 0) is 49.9 Å². The number of halogens is 1. The van der Waals surface area contributed by atoms with Crippen LogP contribution in [0.15, 0.2) is 54.6 Å². The molecule has 0 aromatic heterocycles. The lowest BCUT2D eigenvalue weighted by molar-refractivity contribution is -0.136. The first kappa shape index (κ1) is 15.7. The predicted molar refractivity (Wildman–Crippen MR) is 89.4 cm³/mol. The Kier molecular flexibility index (Phi) is 4.20. The Bertz CT molecular complexity index is 675. The number of benzene rings is 2. The molecule has 0 radical (unpaired) electrons. The van der Waals surface area contributed by atoms with Crippen LogP contribution in [-0.2, 0) is 16.8 Å². The van der Waals surface area contributed by atoms with Crippen molar-refractivity contribution < 1.29 is 9.18 Å². The van der Waals surface area contributed by atoms with E-state index in [1.54, 1.807) is 12.1 Å². The first-order valence-electron chi connectivity index (χ1n) is 8.14. The molecule has 2 aromatic rings. The minimum atomic E-state index is -0.452. The van der Waals surface area contributed by atoms with Crippen molar-refractivity contribution in [3.8, 4) is 0 Å². The lowest BCUT2D eigenvalue weighted by Gasteiger charge is -2.31. The van der Waals surface area contributed by atoms with Crippen LogP contribution in [0.3, 0.4) is 0 Å². The minimum Gasteiger partial charge on any atom is -0.335 e. The van der Waals surface area contributed by atoms with E-state index in [2.05, 4.69) is 0 Å². The van der Waals surface area contributed by atoms with E-state index in [1.807, 2.05) is 49.1 Å². The Morgan fingerprint density at radius 3 is 2.22 bits per heavy atom. The Hall–Kier alpha value is -2.16. The Morgan fingerprint density at radius 1 is 1.09 bits per heavy atom. The van der Waals surface area contributed by atoms with Crippen molar-refractivity contribution >= 4 is 5.91 Å². The lowest BCUT2D eigenvalue weighted by atomic mass is 9.93. The maximum Gasteiger partial charge on any atom is 0.233 e. The van der Waals surface area contributed by atoms with E-state index in [4.69, 9.17) is 0 Å². The van der Waals surface area contributed by atoms with Crippen LogP contribution in [0, 0.1) is 5.82 Å². The van der Waals surface area contributed by atoms with Gasteiger partial charge in [-0.1, -0.05) is 42.5 Å². The van der Waals surface area contributed by atoms with Gasteiger partial charge in [0.1, 0.15) is 5.82 Å². The van der Waals surface area contributed by atoms with Crippen LogP contribution in [0.4, 0.5) is 4.39 Å². The fraction of sp³-hybridized carbons (Fsp3) is 0.350. The smallest absolute Gasteiger partial charge is 0.233 e. The molecule has 0 N–H and O–H groups in total. The molecule has 1 amide bonds. The summed E-state index contributed by atoms with van der Waals surface area (Å²) in [6, 6.07) is 16.6. The monoisotopic (exact) mass is 311 g/mol. The molecule has 0 atom stereocenters. The molecule has 23 heavy (non-hydrogen) atoms. The molecule has 1 saturated carbocycles. The quantitative estimate of drug-likeness (QED) is 0.806. The van der Waals surface area contributed by atoms with Gasteiger partial charge in [0.15, 0.2) is 0 Å². The van der Waals surface area contributed by atoms with Crippen molar-refractivity contribution in [2.24, 2.45) is 0 Å². The second-order valence-electron chi connectivity index (χ2n) is 6.60. The molecule has 1 aliphatic carbocycles. The molecule has 120 valence electrons. The molecule has 0 bridgehead atoms. The summed E-state index contributed by atoms with van der Waals surface area (Å²) in [4.78, 5) is 15.1. The van der Waals surface area contributed by atoms with Crippen LogP contribution in [0.2, 0.25) is 0 Å². The van der Waals surface area contributed by atoms with Gasteiger partial charge in [0, 0.05) is 12.6 Å². The van der Waals surface area contributed by atoms with E-state index >= 15 is 0 Å². The summed E-state index contributed by atoms with van der Waals surface area (Å²) in [5, 5.41) is 0. The molecule has 1 aliphatic rings. The van der Waals surface area contributed by atoms with E-state index in [1.165, 1.54) is 12.1 Å². The van der Waals surface area contributed by atoms with Gasteiger partial charge in [-0.15, -0.1) is 0 Å². The largest absolute Gasteiger partial charge is 0.335 e. The molecule has 0 aliphatic heterocycles. The van der Waals surface area contributed by atoms with Gasteiger partial charge in [-0.2, -0.15) is 0 Å².